The molecule has 0 saturated carbocycles. The van der Waals surface area contributed by atoms with E-state index in [0.717, 1.165) is 6.54 Å². The first-order valence-corrected chi connectivity index (χ1v) is 4.54. The van der Waals surface area contributed by atoms with Gasteiger partial charge in [0, 0.05) is 13.1 Å². The van der Waals surface area contributed by atoms with Crippen molar-refractivity contribution in [1.29, 1.82) is 0 Å². The van der Waals surface area contributed by atoms with Crippen LogP contribution in [0.5, 0.6) is 0 Å². The van der Waals surface area contributed by atoms with E-state index in [0.29, 0.717) is 0 Å². The number of carboxylic acid groups (broad SMARTS) is 1. The van der Waals surface area contributed by atoms with Gasteiger partial charge in [0.2, 0.25) is 0 Å². The topological polar surface area (TPSA) is 101 Å². The second kappa shape index (κ2) is 13.9. The van der Waals surface area contributed by atoms with E-state index >= 15 is 0 Å². The molecule has 0 amide bonds. The first kappa shape index (κ1) is 14.9. The van der Waals surface area contributed by atoms with Crippen LogP contribution in [0, 0.1) is 0 Å². The fourth-order valence-electron chi connectivity index (χ4n) is 0.601. The highest BCUT2D eigenvalue weighted by molar-refractivity contribution is 5.66. The highest BCUT2D eigenvalue weighted by Gasteiger charge is 1.87. The van der Waals surface area contributed by atoms with Gasteiger partial charge in [-0.3, -0.25) is 16.1 Å². The molecule has 0 aliphatic heterocycles. The van der Waals surface area contributed by atoms with Crippen molar-refractivity contribution in [3.05, 3.63) is 0 Å². The Bertz CT molecular complexity index is 106. The summed E-state index contributed by atoms with van der Waals surface area (Å²) in [5.41, 5.74) is 7.45. The predicted octanol–water partition coefficient (Wildman–Crippen LogP) is 0.0597. The summed E-state index contributed by atoms with van der Waals surface area (Å²) in [6.07, 6.45) is 3.82. The van der Waals surface area contributed by atoms with Crippen molar-refractivity contribution in [2.45, 2.75) is 32.6 Å². The van der Waals surface area contributed by atoms with E-state index < -0.39 is 5.97 Å². The Hall–Kier alpha value is -0.650. The fourth-order valence-corrected chi connectivity index (χ4v) is 0.601. The largest absolute Gasteiger partial charge is 0.481 e. The molecule has 0 fully saturated rings. The maximum absolute atomic E-state index is 9.52. The standard InChI is InChI=1S/C5H14N2.C3H7NO2/c1-2-3-4-5-7-6;4-2-1-3(5)6/h7H,2-6H2,1H3;1-2,4H2,(H,5,6). The van der Waals surface area contributed by atoms with Gasteiger partial charge in [0.15, 0.2) is 0 Å². The molecule has 0 spiro atoms. The number of hydrazine groups is 1. The fraction of sp³-hybridized carbons (Fsp3) is 0.875. The Morgan fingerprint density at radius 2 is 2.08 bits per heavy atom. The summed E-state index contributed by atoms with van der Waals surface area (Å²) in [6.45, 7) is 3.36. The van der Waals surface area contributed by atoms with Crippen molar-refractivity contribution in [2.24, 2.45) is 11.6 Å². The zero-order valence-corrected chi connectivity index (χ0v) is 8.25. The van der Waals surface area contributed by atoms with Gasteiger partial charge in [-0.1, -0.05) is 19.8 Å². The first-order chi connectivity index (χ1) is 6.18. The van der Waals surface area contributed by atoms with Gasteiger partial charge in [-0.25, -0.2) is 0 Å². The molecule has 0 saturated heterocycles. The lowest BCUT2D eigenvalue weighted by Gasteiger charge is -1.93. The van der Waals surface area contributed by atoms with Crippen LogP contribution >= 0.6 is 0 Å². The molecule has 0 heterocycles. The highest BCUT2D eigenvalue weighted by atomic mass is 16.4. The van der Waals surface area contributed by atoms with Crippen molar-refractivity contribution in [3.8, 4) is 0 Å². The van der Waals surface area contributed by atoms with E-state index in [9.17, 15) is 4.79 Å². The van der Waals surface area contributed by atoms with Crippen molar-refractivity contribution in [2.75, 3.05) is 13.1 Å². The lowest BCUT2D eigenvalue weighted by molar-refractivity contribution is -0.136. The molecule has 0 aromatic rings. The van der Waals surface area contributed by atoms with Crippen molar-refractivity contribution < 1.29 is 9.90 Å². The van der Waals surface area contributed by atoms with Gasteiger partial charge in [0.1, 0.15) is 0 Å². The van der Waals surface area contributed by atoms with Crippen LogP contribution in [0.1, 0.15) is 32.6 Å². The summed E-state index contributed by atoms with van der Waals surface area (Å²) in [6, 6.07) is 0. The molecule has 0 radical (unpaired) electrons. The Morgan fingerprint density at radius 3 is 2.31 bits per heavy atom. The van der Waals surface area contributed by atoms with Crippen LogP contribution in [0.2, 0.25) is 0 Å². The molecule has 0 aliphatic carbocycles. The summed E-state index contributed by atoms with van der Waals surface area (Å²) >= 11 is 0. The molecule has 6 N–H and O–H groups in total. The van der Waals surface area contributed by atoms with Gasteiger partial charge >= 0.3 is 5.97 Å². The van der Waals surface area contributed by atoms with Crippen molar-refractivity contribution in [1.82, 2.24) is 5.43 Å². The number of hydrogen-bond acceptors (Lipinski definition) is 4. The Morgan fingerprint density at radius 1 is 1.46 bits per heavy atom. The van der Waals surface area contributed by atoms with Gasteiger partial charge in [-0.15, -0.1) is 0 Å². The van der Waals surface area contributed by atoms with Crippen LogP contribution in [0.4, 0.5) is 0 Å². The second-order valence-corrected chi connectivity index (χ2v) is 2.59. The molecular weight excluding hydrogens is 170 g/mol. The van der Waals surface area contributed by atoms with Gasteiger partial charge in [-0.2, -0.15) is 0 Å². The molecule has 5 nitrogen and oxygen atoms in total. The van der Waals surface area contributed by atoms with Crippen molar-refractivity contribution in [3.63, 3.8) is 0 Å². The summed E-state index contributed by atoms with van der Waals surface area (Å²) in [5.74, 6) is 4.18. The molecule has 0 aliphatic rings. The average Bonchev–Trinajstić information content (AvgIpc) is 2.06. The Kier molecular flexibility index (Phi) is 15.9. The third-order valence-corrected chi connectivity index (χ3v) is 1.28. The van der Waals surface area contributed by atoms with Crippen molar-refractivity contribution >= 4 is 5.97 Å². The zero-order chi connectivity index (χ0) is 10.5. The third-order valence-electron chi connectivity index (χ3n) is 1.28. The highest BCUT2D eigenvalue weighted by Crippen LogP contribution is 1.89. The molecule has 5 heteroatoms. The number of hydrogen-bond donors (Lipinski definition) is 4. The second-order valence-electron chi connectivity index (χ2n) is 2.59. The minimum Gasteiger partial charge on any atom is -0.481 e. The summed E-state index contributed by atoms with van der Waals surface area (Å²) in [4.78, 5) is 9.52. The molecule has 0 atom stereocenters. The number of nitrogens with two attached hydrogens (primary N) is 2. The maximum Gasteiger partial charge on any atom is 0.304 e. The summed E-state index contributed by atoms with van der Waals surface area (Å²) in [7, 11) is 0. The normalized spacial score (nSPS) is 8.85. The van der Waals surface area contributed by atoms with E-state index in [4.69, 9.17) is 16.7 Å². The SMILES string of the molecule is CCCCCNN.NCCC(=O)O. The molecule has 0 unspecified atom stereocenters. The molecule has 0 aromatic carbocycles. The van der Waals surface area contributed by atoms with Crippen LogP contribution in [-0.4, -0.2) is 24.2 Å². The number of carbonyl (C=O) groups is 1. The molecular formula is C8H21N3O2. The Balaban J connectivity index is 0. The van der Waals surface area contributed by atoms with Crippen LogP contribution in [0.25, 0.3) is 0 Å². The van der Waals surface area contributed by atoms with Crippen LogP contribution in [0.3, 0.4) is 0 Å². The predicted molar refractivity (Wildman–Crippen MR) is 53.0 cm³/mol. The van der Waals surface area contributed by atoms with Gasteiger partial charge in [0.05, 0.1) is 6.42 Å². The number of carboxylic acids is 1. The lowest BCUT2D eigenvalue weighted by atomic mass is 10.3. The number of aliphatic carboxylic acids is 1. The van der Waals surface area contributed by atoms with E-state index in [1.807, 2.05) is 0 Å². The molecule has 80 valence electrons. The molecule has 0 aromatic heterocycles. The van der Waals surface area contributed by atoms with Crippen LogP contribution < -0.4 is 17.0 Å². The maximum atomic E-state index is 9.52. The van der Waals surface area contributed by atoms with E-state index in [1.54, 1.807) is 0 Å². The molecule has 0 rings (SSSR count). The monoisotopic (exact) mass is 191 g/mol. The number of rotatable bonds is 6. The molecule has 13 heavy (non-hydrogen) atoms. The van der Waals surface area contributed by atoms with E-state index in [2.05, 4.69) is 12.3 Å². The number of nitrogens with one attached hydrogen (secondary N) is 1. The van der Waals surface area contributed by atoms with Gasteiger partial charge in [-0.05, 0) is 6.42 Å². The summed E-state index contributed by atoms with van der Waals surface area (Å²) < 4.78 is 0. The third kappa shape index (κ3) is 24.6. The van der Waals surface area contributed by atoms with Gasteiger partial charge in [0.25, 0.3) is 0 Å². The first-order valence-electron chi connectivity index (χ1n) is 4.54. The van der Waals surface area contributed by atoms with E-state index in [-0.39, 0.29) is 13.0 Å². The lowest BCUT2D eigenvalue weighted by Crippen LogP contribution is -2.22. The average molecular weight is 191 g/mol. The van der Waals surface area contributed by atoms with Crippen LogP contribution in [-0.2, 0) is 4.79 Å². The molecule has 0 bridgehead atoms. The zero-order valence-electron chi connectivity index (χ0n) is 8.25. The van der Waals surface area contributed by atoms with E-state index in [1.165, 1.54) is 19.3 Å². The number of unbranched alkanes of at least 4 members (excludes halogenated alkanes) is 2. The summed E-state index contributed by atoms with van der Waals surface area (Å²) in [5, 5.41) is 7.83. The quantitative estimate of drug-likeness (QED) is 0.270. The minimum absolute atomic E-state index is 0.0694. The van der Waals surface area contributed by atoms with Crippen LogP contribution in [0.15, 0.2) is 0 Å². The minimum atomic E-state index is -0.836. The smallest absolute Gasteiger partial charge is 0.304 e. The Labute approximate surface area is 79.5 Å². The van der Waals surface area contributed by atoms with Gasteiger partial charge < -0.3 is 10.8 Å².